The third-order valence-corrected chi connectivity index (χ3v) is 5.14. The number of benzene rings is 1. The number of aromatic nitrogens is 1. The highest BCUT2D eigenvalue weighted by atomic mass is 32.1. The normalized spacial score (nSPS) is 23.3. The van der Waals surface area contributed by atoms with E-state index in [4.69, 9.17) is 0 Å². The van der Waals surface area contributed by atoms with Gasteiger partial charge < -0.3 is 5.32 Å². The van der Waals surface area contributed by atoms with Gasteiger partial charge in [0, 0.05) is 17.6 Å². The van der Waals surface area contributed by atoms with Crippen molar-refractivity contribution in [2.24, 2.45) is 0 Å². The van der Waals surface area contributed by atoms with Gasteiger partial charge in [0.25, 0.3) is 0 Å². The van der Waals surface area contributed by atoms with E-state index in [0.29, 0.717) is 12.1 Å². The van der Waals surface area contributed by atoms with Crippen LogP contribution in [0.15, 0.2) is 35.8 Å². The molecule has 0 saturated heterocycles. The molecule has 1 unspecified atom stereocenters. The maximum absolute atomic E-state index is 4.44. The van der Waals surface area contributed by atoms with Crippen LogP contribution in [0.1, 0.15) is 54.3 Å². The molecule has 0 amide bonds. The number of nitrogens with zero attached hydrogens (tertiary/aromatic N) is 1. The first-order chi connectivity index (χ1) is 9.76. The maximum atomic E-state index is 4.44. The fourth-order valence-electron chi connectivity index (χ4n) is 3.00. The van der Waals surface area contributed by atoms with Gasteiger partial charge in [0.1, 0.15) is 5.01 Å². The standard InChI is InChI=1S/C17H22N2S/c1-3-16(17-18-7-8-20-17)19-15-10-14(11-15)13-6-4-5-12(2)9-13/h4-9,14-16,19H,3,10-11H2,1-2H3. The molecule has 0 spiro atoms. The predicted molar refractivity (Wildman–Crippen MR) is 85.2 cm³/mol. The fourth-order valence-corrected chi connectivity index (χ4v) is 3.79. The Morgan fingerprint density at radius 2 is 2.25 bits per heavy atom. The number of hydrogen-bond acceptors (Lipinski definition) is 3. The maximum Gasteiger partial charge on any atom is 0.109 e. The van der Waals surface area contributed by atoms with Gasteiger partial charge in [-0.3, -0.25) is 0 Å². The van der Waals surface area contributed by atoms with Crippen molar-refractivity contribution in [3.05, 3.63) is 52.0 Å². The topological polar surface area (TPSA) is 24.9 Å². The molecule has 106 valence electrons. The highest BCUT2D eigenvalue weighted by Crippen LogP contribution is 2.38. The molecule has 2 nitrogen and oxygen atoms in total. The molecule has 1 N–H and O–H groups in total. The minimum atomic E-state index is 0.429. The average Bonchev–Trinajstić information content (AvgIpc) is 2.91. The zero-order valence-electron chi connectivity index (χ0n) is 12.2. The lowest BCUT2D eigenvalue weighted by molar-refractivity contribution is 0.262. The van der Waals surface area contributed by atoms with Crippen LogP contribution in [-0.2, 0) is 0 Å². The molecule has 1 aromatic heterocycles. The highest BCUT2D eigenvalue weighted by molar-refractivity contribution is 7.09. The zero-order chi connectivity index (χ0) is 13.9. The minimum absolute atomic E-state index is 0.429. The Morgan fingerprint density at radius 3 is 2.90 bits per heavy atom. The van der Waals surface area contributed by atoms with E-state index in [1.807, 2.05) is 6.20 Å². The Labute approximate surface area is 125 Å². The summed E-state index contributed by atoms with van der Waals surface area (Å²) in [5.74, 6) is 0.737. The van der Waals surface area contributed by atoms with Gasteiger partial charge in [-0.15, -0.1) is 11.3 Å². The lowest BCUT2D eigenvalue weighted by Gasteiger charge is -2.38. The molecule has 0 radical (unpaired) electrons. The largest absolute Gasteiger partial charge is 0.305 e. The van der Waals surface area contributed by atoms with Crippen LogP contribution in [0.5, 0.6) is 0 Å². The SMILES string of the molecule is CCC(NC1CC(c2cccc(C)c2)C1)c1nccs1. The molecule has 3 heteroatoms. The Morgan fingerprint density at radius 1 is 1.40 bits per heavy atom. The number of hydrogen-bond donors (Lipinski definition) is 1. The first-order valence-corrected chi connectivity index (χ1v) is 8.36. The van der Waals surface area contributed by atoms with Gasteiger partial charge in [0.2, 0.25) is 0 Å². The molecule has 1 aromatic carbocycles. The van der Waals surface area contributed by atoms with E-state index in [0.717, 1.165) is 12.3 Å². The molecule has 1 saturated carbocycles. The van der Waals surface area contributed by atoms with Crippen molar-refractivity contribution in [2.75, 3.05) is 0 Å². The summed E-state index contributed by atoms with van der Waals surface area (Å²) in [6, 6.07) is 10.0. The van der Waals surface area contributed by atoms with Crippen molar-refractivity contribution in [3.8, 4) is 0 Å². The molecule has 20 heavy (non-hydrogen) atoms. The van der Waals surface area contributed by atoms with Crippen LogP contribution in [0.3, 0.4) is 0 Å². The Hall–Kier alpha value is -1.19. The second-order valence-corrected chi connectivity index (χ2v) is 6.70. The summed E-state index contributed by atoms with van der Waals surface area (Å²) >= 11 is 1.76. The molecule has 1 fully saturated rings. The minimum Gasteiger partial charge on any atom is -0.305 e. The molecule has 1 aliphatic rings. The highest BCUT2D eigenvalue weighted by Gasteiger charge is 2.32. The van der Waals surface area contributed by atoms with Gasteiger partial charge in [-0.25, -0.2) is 4.98 Å². The van der Waals surface area contributed by atoms with Crippen molar-refractivity contribution in [3.63, 3.8) is 0 Å². The van der Waals surface area contributed by atoms with Crippen molar-refractivity contribution in [2.45, 2.75) is 51.1 Å². The zero-order valence-corrected chi connectivity index (χ0v) is 13.0. The molecule has 1 atom stereocenters. The molecular formula is C17H22N2S. The van der Waals surface area contributed by atoms with E-state index in [9.17, 15) is 0 Å². The molecular weight excluding hydrogens is 264 g/mol. The quantitative estimate of drug-likeness (QED) is 0.879. The first kappa shape index (κ1) is 13.8. The Balaban J connectivity index is 1.55. The lowest BCUT2D eigenvalue weighted by atomic mass is 9.75. The van der Waals surface area contributed by atoms with Gasteiger partial charge in [-0.2, -0.15) is 0 Å². The molecule has 3 rings (SSSR count). The number of thiazole rings is 1. The first-order valence-electron chi connectivity index (χ1n) is 7.48. The Kier molecular flexibility index (Phi) is 4.18. The number of aryl methyl sites for hydroxylation is 1. The summed E-state index contributed by atoms with van der Waals surface area (Å²) in [4.78, 5) is 4.44. The van der Waals surface area contributed by atoms with Crippen molar-refractivity contribution in [1.29, 1.82) is 0 Å². The summed E-state index contributed by atoms with van der Waals surface area (Å²) in [6.07, 6.45) is 5.52. The van der Waals surface area contributed by atoms with Crippen LogP contribution in [0.4, 0.5) is 0 Å². The molecule has 2 aromatic rings. The molecule has 1 aliphatic carbocycles. The third-order valence-electron chi connectivity index (χ3n) is 4.25. The van der Waals surface area contributed by atoms with Crippen LogP contribution in [0, 0.1) is 6.92 Å². The van der Waals surface area contributed by atoms with E-state index in [-0.39, 0.29) is 0 Å². The summed E-state index contributed by atoms with van der Waals surface area (Å²) in [5.41, 5.74) is 2.87. The van der Waals surface area contributed by atoms with Gasteiger partial charge in [0.15, 0.2) is 0 Å². The number of nitrogens with one attached hydrogen (secondary N) is 1. The van der Waals surface area contributed by atoms with Crippen molar-refractivity contribution >= 4 is 11.3 Å². The van der Waals surface area contributed by atoms with Crippen LogP contribution >= 0.6 is 11.3 Å². The van der Waals surface area contributed by atoms with E-state index in [1.54, 1.807) is 11.3 Å². The number of rotatable bonds is 5. The van der Waals surface area contributed by atoms with Crippen LogP contribution in [0.2, 0.25) is 0 Å². The Bertz CT molecular complexity index is 544. The van der Waals surface area contributed by atoms with E-state index in [1.165, 1.54) is 29.0 Å². The predicted octanol–water partition coefficient (Wildman–Crippen LogP) is 4.44. The van der Waals surface area contributed by atoms with Gasteiger partial charge >= 0.3 is 0 Å². The van der Waals surface area contributed by atoms with Crippen molar-refractivity contribution < 1.29 is 0 Å². The van der Waals surface area contributed by atoms with Gasteiger partial charge in [-0.1, -0.05) is 36.8 Å². The fraction of sp³-hybridized carbons (Fsp3) is 0.471. The third kappa shape index (κ3) is 2.94. The van der Waals surface area contributed by atoms with Crippen LogP contribution < -0.4 is 5.32 Å². The van der Waals surface area contributed by atoms with Gasteiger partial charge in [0.05, 0.1) is 6.04 Å². The monoisotopic (exact) mass is 286 g/mol. The van der Waals surface area contributed by atoms with Crippen LogP contribution in [-0.4, -0.2) is 11.0 Å². The molecule has 0 aliphatic heterocycles. The van der Waals surface area contributed by atoms with Crippen LogP contribution in [0.25, 0.3) is 0 Å². The average molecular weight is 286 g/mol. The lowest BCUT2D eigenvalue weighted by Crippen LogP contribution is -2.41. The van der Waals surface area contributed by atoms with E-state index < -0.39 is 0 Å². The molecule has 0 bridgehead atoms. The molecule has 1 heterocycles. The van der Waals surface area contributed by atoms with Crippen molar-refractivity contribution in [1.82, 2.24) is 10.3 Å². The summed E-state index contributed by atoms with van der Waals surface area (Å²) < 4.78 is 0. The summed E-state index contributed by atoms with van der Waals surface area (Å²) in [6.45, 7) is 4.41. The van der Waals surface area contributed by atoms with Gasteiger partial charge in [-0.05, 0) is 37.7 Å². The summed E-state index contributed by atoms with van der Waals surface area (Å²) in [7, 11) is 0. The van der Waals surface area contributed by atoms with E-state index >= 15 is 0 Å². The van der Waals surface area contributed by atoms with E-state index in [2.05, 4.69) is 53.8 Å². The second kappa shape index (κ2) is 6.06. The summed E-state index contributed by atoms with van der Waals surface area (Å²) in [5, 5.41) is 7.06. The smallest absolute Gasteiger partial charge is 0.109 e. The second-order valence-electron chi connectivity index (χ2n) is 5.78.